The Labute approximate surface area is 137 Å². The largest absolute Gasteiger partial charge is 0.351 e. The summed E-state index contributed by atoms with van der Waals surface area (Å²) in [7, 11) is 0. The molecule has 1 amide bonds. The van der Waals surface area contributed by atoms with Crippen molar-refractivity contribution in [3.63, 3.8) is 0 Å². The fourth-order valence-electron chi connectivity index (χ4n) is 4.01. The van der Waals surface area contributed by atoms with Crippen LogP contribution < -0.4 is 0 Å². The Morgan fingerprint density at radius 1 is 1.09 bits per heavy atom. The molecule has 0 aliphatic carbocycles. The van der Waals surface area contributed by atoms with Crippen LogP contribution in [0, 0.1) is 5.92 Å². The lowest BCUT2D eigenvalue weighted by atomic mass is 9.96. The molecule has 0 radical (unpaired) electrons. The van der Waals surface area contributed by atoms with Crippen LogP contribution >= 0.6 is 0 Å². The summed E-state index contributed by atoms with van der Waals surface area (Å²) in [6.07, 6.45) is 5.00. The van der Waals surface area contributed by atoms with Crippen LogP contribution in [0.25, 0.3) is 10.9 Å². The highest BCUT2D eigenvalue weighted by atomic mass is 16.2. The van der Waals surface area contributed by atoms with Gasteiger partial charge in [-0.1, -0.05) is 18.2 Å². The standard InChI is InChI=1S/C19H25N3O/c23-19(18-13-16-5-1-2-6-17(16)20-18)22-11-7-15(8-12-22)14-21-9-3-4-10-21/h1-2,5-6,13,15,20H,3-4,7-12,14H2. The van der Waals surface area contributed by atoms with Crippen molar-refractivity contribution in [2.75, 3.05) is 32.7 Å². The number of hydrogen-bond acceptors (Lipinski definition) is 2. The van der Waals surface area contributed by atoms with E-state index in [9.17, 15) is 4.79 Å². The third-order valence-electron chi connectivity index (χ3n) is 5.38. The summed E-state index contributed by atoms with van der Waals surface area (Å²) in [4.78, 5) is 20.6. The van der Waals surface area contributed by atoms with Crippen molar-refractivity contribution < 1.29 is 4.79 Å². The Bertz CT molecular complexity index is 646. The quantitative estimate of drug-likeness (QED) is 0.946. The van der Waals surface area contributed by atoms with Crippen LogP contribution in [0.1, 0.15) is 36.2 Å². The lowest BCUT2D eigenvalue weighted by molar-refractivity contribution is 0.0668. The van der Waals surface area contributed by atoms with Crippen molar-refractivity contribution in [3.8, 4) is 0 Å². The first-order valence-electron chi connectivity index (χ1n) is 8.89. The van der Waals surface area contributed by atoms with Crippen molar-refractivity contribution >= 4 is 16.8 Å². The predicted octanol–water partition coefficient (Wildman–Crippen LogP) is 3.12. The van der Waals surface area contributed by atoms with Crippen LogP contribution in [-0.2, 0) is 0 Å². The van der Waals surface area contributed by atoms with E-state index in [1.807, 2.05) is 35.2 Å². The average molecular weight is 311 g/mol. The molecule has 4 rings (SSSR count). The van der Waals surface area contributed by atoms with E-state index in [-0.39, 0.29) is 5.91 Å². The average Bonchev–Trinajstić information content (AvgIpc) is 3.24. The molecule has 3 heterocycles. The number of nitrogens with one attached hydrogen (secondary N) is 1. The fraction of sp³-hybridized carbons (Fsp3) is 0.526. The van der Waals surface area contributed by atoms with Gasteiger partial charge in [0.15, 0.2) is 0 Å². The van der Waals surface area contributed by atoms with E-state index in [4.69, 9.17) is 0 Å². The molecule has 2 aliphatic heterocycles. The number of aromatic amines is 1. The number of rotatable bonds is 3. The number of nitrogens with zero attached hydrogens (tertiary/aromatic N) is 2. The third kappa shape index (κ3) is 3.13. The van der Waals surface area contributed by atoms with Gasteiger partial charge in [0.25, 0.3) is 5.91 Å². The van der Waals surface area contributed by atoms with E-state index in [2.05, 4.69) is 9.88 Å². The minimum absolute atomic E-state index is 0.154. The summed E-state index contributed by atoms with van der Waals surface area (Å²) in [6, 6.07) is 10.1. The van der Waals surface area contributed by atoms with Gasteiger partial charge in [-0.15, -0.1) is 0 Å². The molecule has 2 saturated heterocycles. The van der Waals surface area contributed by atoms with E-state index in [1.165, 1.54) is 32.5 Å². The smallest absolute Gasteiger partial charge is 0.270 e. The molecular formula is C19H25N3O. The molecule has 2 fully saturated rings. The Morgan fingerprint density at radius 3 is 2.57 bits per heavy atom. The van der Waals surface area contributed by atoms with Crippen molar-refractivity contribution in [2.24, 2.45) is 5.92 Å². The summed E-state index contributed by atoms with van der Waals surface area (Å²) < 4.78 is 0. The monoisotopic (exact) mass is 311 g/mol. The highest BCUT2D eigenvalue weighted by Crippen LogP contribution is 2.23. The zero-order valence-corrected chi connectivity index (χ0v) is 13.6. The van der Waals surface area contributed by atoms with Crippen molar-refractivity contribution in [2.45, 2.75) is 25.7 Å². The van der Waals surface area contributed by atoms with Gasteiger partial charge >= 0.3 is 0 Å². The maximum Gasteiger partial charge on any atom is 0.270 e. The first-order chi connectivity index (χ1) is 11.3. The molecule has 1 N–H and O–H groups in total. The van der Waals surface area contributed by atoms with Gasteiger partial charge in [-0.2, -0.15) is 0 Å². The highest BCUT2D eigenvalue weighted by molar-refractivity contribution is 5.98. The molecule has 2 aromatic rings. The van der Waals surface area contributed by atoms with E-state index in [1.54, 1.807) is 0 Å². The summed E-state index contributed by atoms with van der Waals surface area (Å²) in [5.41, 5.74) is 1.77. The lowest BCUT2D eigenvalue weighted by Gasteiger charge is -2.33. The number of piperidine rings is 1. The Hall–Kier alpha value is -1.81. The fourth-order valence-corrected chi connectivity index (χ4v) is 4.01. The molecule has 0 bridgehead atoms. The second-order valence-electron chi connectivity index (χ2n) is 7.01. The van der Waals surface area contributed by atoms with Crippen molar-refractivity contribution in [1.82, 2.24) is 14.8 Å². The number of hydrogen-bond donors (Lipinski definition) is 1. The lowest BCUT2D eigenvalue weighted by Crippen LogP contribution is -2.41. The number of fused-ring (bicyclic) bond motifs is 1. The van der Waals surface area contributed by atoms with Gasteiger partial charge in [-0.25, -0.2) is 0 Å². The molecule has 0 unspecified atom stereocenters. The first kappa shape index (κ1) is 14.8. The molecule has 0 spiro atoms. The van der Waals surface area contributed by atoms with Crippen LogP contribution in [0.2, 0.25) is 0 Å². The van der Waals surface area contributed by atoms with Gasteiger partial charge in [0.05, 0.1) is 0 Å². The molecule has 1 aromatic heterocycles. The van der Waals surface area contributed by atoms with Crippen LogP contribution in [0.4, 0.5) is 0 Å². The van der Waals surface area contributed by atoms with E-state index >= 15 is 0 Å². The number of carbonyl (C=O) groups excluding carboxylic acids is 1. The van der Waals surface area contributed by atoms with Gasteiger partial charge in [0.1, 0.15) is 5.69 Å². The zero-order chi connectivity index (χ0) is 15.6. The Balaban J connectivity index is 1.36. The topological polar surface area (TPSA) is 39.3 Å². The number of aromatic nitrogens is 1. The Kier molecular flexibility index (Phi) is 4.08. The number of H-pyrrole nitrogens is 1. The number of para-hydroxylation sites is 1. The van der Waals surface area contributed by atoms with Crippen molar-refractivity contribution in [1.29, 1.82) is 0 Å². The van der Waals surface area contributed by atoms with Crippen LogP contribution in [0.15, 0.2) is 30.3 Å². The van der Waals surface area contributed by atoms with Crippen LogP contribution in [0.5, 0.6) is 0 Å². The minimum Gasteiger partial charge on any atom is -0.351 e. The normalized spacial score (nSPS) is 20.4. The van der Waals surface area contributed by atoms with Gasteiger partial charge in [0, 0.05) is 30.5 Å². The Morgan fingerprint density at radius 2 is 1.83 bits per heavy atom. The number of likely N-dealkylation sites (tertiary alicyclic amines) is 2. The molecule has 122 valence electrons. The van der Waals surface area contributed by atoms with E-state index < -0.39 is 0 Å². The van der Waals surface area contributed by atoms with Crippen molar-refractivity contribution in [3.05, 3.63) is 36.0 Å². The molecule has 1 aromatic carbocycles. The highest BCUT2D eigenvalue weighted by Gasteiger charge is 2.26. The SMILES string of the molecule is O=C(c1cc2ccccc2[nH]1)N1CCC(CN2CCCC2)CC1. The minimum atomic E-state index is 0.154. The molecule has 0 atom stereocenters. The molecule has 2 aliphatic rings. The van der Waals surface area contributed by atoms with Gasteiger partial charge < -0.3 is 14.8 Å². The number of amides is 1. The zero-order valence-electron chi connectivity index (χ0n) is 13.6. The molecule has 4 nitrogen and oxygen atoms in total. The molecule has 0 saturated carbocycles. The predicted molar refractivity (Wildman–Crippen MR) is 92.6 cm³/mol. The van der Waals surface area contributed by atoms with E-state index in [0.717, 1.165) is 48.4 Å². The third-order valence-corrected chi connectivity index (χ3v) is 5.38. The second-order valence-corrected chi connectivity index (χ2v) is 7.01. The number of carbonyl (C=O) groups is 1. The number of benzene rings is 1. The van der Waals surface area contributed by atoms with Crippen LogP contribution in [0.3, 0.4) is 0 Å². The van der Waals surface area contributed by atoms with E-state index in [0.29, 0.717) is 0 Å². The van der Waals surface area contributed by atoms with Gasteiger partial charge in [-0.05, 0) is 56.8 Å². The van der Waals surface area contributed by atoms with Gasteiger partial charge in [0.2, 0.25) is 0 Å². The summed E-state index contributed by atoms with van der Waals surface area (Å²) >= 11 is 0. The maximum atomic E-state index is 12.7. The second kappa shape index (κ2) is 6.36. The summed E-state index contributed by atoms with van der Waals surface area (Å²) in [5, 5.41) is 1.11. The summed E-state index contributed by atoms with van der Waals surface area (Å²) in [6.45, 7) is 5.57. The summed E-state index contributed by atoms with van der Waals surface area (Å²) in [5.74, 6) is 0.917. The van der Waals surface area contributed by atoms with Crippen LogP contribution in [-0.4, -0.2) is 53.4 Å². The van der Waals surface area contributed by atoms with Gasteiger partial charge in [-0.3, -0.25) is 4.79 Å². The molecule has 23 heavy (non-hydrogen) atoms. The first-order valence-corrected chi connectivity index (χ1v) is 8.89. The maximum absolute atomic E-state index is 12.7. The molecular weight excluding hydrogens is 286 g/mol. The molecule has 4 heteroatoms.